The number of benzene rings is 2. The smallest absolute Gasteiger partial charge is 0.233 e. The van der Waals surface area contributed by atoms with Gasteiger partial charge in [-0.2, -0.15) is 0 Å². The lowest BCUT2D eigenvalue weighted by atomic mass is 9.90. The van der Waals surface area contributed by atoms with Crippen LogP contribution in [0.15, 0.2) is 60.0 Å². The number of hydrogen-bond acceptors (Lipinski definition) is 3. The SMILES string of the molecule is Cc1ccc(/C=C/S(=O)(=O)NCCC(=O)N2CCC(Cc3ccccc3)CC2)cc1. The fourth-order valence-electron chi connectivity index (χ4n) is 3.69. The number of nitrogens with zero attached hydrogens (tertiary/aromatic N) is 1. The Morgan fingerprint density at radius 1 is 1.07 bits per heavy atom. The number of amides is 1. The summed E-state index contributed by atoms with van der Waals surface area (Å²) in [4.78, 5) is 14.3. The lowest BCUT2D eigenvalue weighted by Gasteiger charge is -2.32. The molecule has 1 aliphatic heterocycles. The van der Waals surface area contributed by atoms with Crippen LogP contribution in [0, 0.1) is 12.8 Å². The number of aryl methyl sites for hydroxylation is 1. The maximum Gasteiger partial charge on any atom is 0.233 e. The van der Waals surface area contributed by atoms with E-state index in [0.717, 1.165) is 48.9 Å². The van der Waals surface area contributed by atoms with E-state index in [2.05, 4.69) is 29.0 Å². The van der Waals surface area contributed by atoms with Crippen LogP contribution in [-0.2, 0) is 21.2 Å². The summed E-state index contributed by atoms with van der Waals surface area (Å²) in [5.74, 6) is 0.611. The molecule has 3 rings (SSSR count). The zero-order valence-corrected chi connectivity index (χ0v) is 18.3. The second-order valence-electron chi connectivity index (χ2n) is 7.92. The van der Waals surface area contributed by atoms with E-state index in [1.165, 1.54) is 5.56 Å². The molecule has 1 fully saturated rings. The number of nitrogens with one attached hydrogen (secondary N) is 1. The van der Waals surface area contributed by atoms with Gasteiger partial charge in [0, 0.05) is 31.5 Å². The number of hydrogen-bond donors (Lipinski definition) is 1. The van der Waals surface area contributed by atoms with E-state index in [0.29, 0.717) is 5.92 Å². The molecule has 1 aliphatic rings. The first kappa shape index (κ1) is 22.2. The zero-order valence-electron chi connectivity index (χ0n) is 17.5. The Morgan fingerprint density at radius 2 is 1.73 bits per heavy atom. The minimum absolute atomic E-state index is 0.0124. The lowest BCUT2D eigenvalue weighted by Crippen LogP contribution is -2.40. The summed E-state index contributed by atoms with van der Waals surface area (Å²) >= 11 is 0. The van der Waals surface area contributed by atoms with Gasteiger partial charge in [0.05, 0.1) is 0 Å². The van der Waals surface area contributed by atoms with Crippen molar-refractivity contribution >= 4 is 22.0 Å². The van der Waals surface area contributed by atoms with Gasteiger partial charge in [0.25, 0.3) is 0 Å². The number of carbonyl (C=O) groups excluding carboxylic acids is 1. The summed E-state index contributed by atoms with van der Waals surface area (Å²) in [7, 11) is -3.56. The molecule has 1 N–H and O–H groups in total. The minimum atomic E-state index is -3.56. The summed E-state index contributed by atoms with van der Waals surface area (Å²) in [5, 5.41) is 1.15. The molecular formula is C24H30N2O3S. The molecule has 2 aromatic rings. The molecule has 160 valence electrons. The molecule has 0 aromatic heterocycles. The van der Waals surface area contributed by atoms with E-state index in [4.69, 9.17) is 0 Å². The van der Waals surface area contributed by atoms with Crippen molar-refractivity contribution in [3.05, 3.63) is 76.7 Å². The fraction of sp³-hybridized carbons (Fsp3) is 0.375. The predicted molar refractivity (Wildman–Crippen MR) is 121 cm³/mol. The molecule has 6 heteroatoms. The van der Waals surface area contributed by atoms with Crippen molar-refractivity contribution in [2.75, 3.05) is 19.6 Å². The zero-order chi connectivity index (χ0) is 21.4. The maximum absolute atomic E-state index is 12.4. The van der Waals surface area contributed by atoms with Crippen LogP contribution in [0.25, 0.3) is 6.08 Å². The molecule has 0 radical (unpaired) electrons. The van der Waals surface area contributed by atoms with Gasteiger partial charge in [-0.05, 0) is 49.3 Å². The minimum Gasteiger partial charge on any atom is -0.343 e. The highest BCUT2D eigenvalue weighted by Gasteiger charge is 2.22. The summed E-state index contributed by atoms with van der Waals surface area (Å²) in [6, 6.07) is 18.0. The van der Waals surface area contributed by atoms with Crippen LogP contribution in [-0.4, -0.2) is 38.9 Å². The Bertz CT molecular complexity index is 946. The standard InChI is InChI=1S/C24H30N2O3S/c1-20-7-9-21(10-8-20)14-18-30(28,29)25-15-11-24(27)26-16-12-23(13-17-26)19-22-5-3-2-4-6-22/h2-10,14,18,23,25H,11-13,15-17,19H2,1H3/b18-14+. The van der Waals surface area contributed by atoms with Crippen LogP contribution in [0.1, 0.15) is 36.0 Å². The second kappa shape index (κ2) is 10.5. The van der Waals surface area contributed by atoms with Gasteiger partial charge in [0.1, 0.15) is 0 Å². The molecule has 0 saturated carbocycles. The van der Waals surface area contributed by atoms with Crippen LogP contribution in [0.4, 0.5) is 0 Å². The van der Waals surface area contributed by atoms with Crippen LogP contribution >= 0.6 is 0 Å². The highest BCUT2D eigenvalue weighted by atomic mass is 32.2. The van der Waals surface area contributed by atoms with Gasteiger partial charge in [-0.3, -0.25) is 4.79 Å². The molecule has 0 spiro atoms. The van der Waals surface area contributed by atoms with E-state index in [-0.39, 0.29) is 18.9 Å². The Hall–Kier alpha value is -2.44. The number of sulfonamides is 1. The van der Waals surface area contributed by atoms with E-state index in [1.807, 2.05) is 42.2 Å². The number of piperidine rings is 1. The van der Waals surface area contributed by atoms with E-state index in [1.54, 1.807) is 6.08 Å². The van der Waals surface area contributed by atoms with Crippen LogP contribution in [0.5, 0.6) is 0 Å². The van der Waals surface area contributed by atoms with Crippen molar-refractivity contribution in [2.45, 2.75) is 32.6 Å². The average molecular weight is 427 g/mol. The van der Waals surface area contributed by atoms with E-state index >= 15 is 0 Å². The average Bonchev–Trinajstić information content (AvgIpc) is 2.74. The molecule has 1 saturated heterocycles. The molecule has 5 nitrogen and oxygen atoms in total. The molecule has 0 unspecified atom stereocenters. The van der Waals surface area contributed by atoms with E-state index in [9.17, 15) is 13.2 Å². The molecule has 1 heterocycles. The summed E-state index contributed by atoms with van der Waals surface area (Å²) in [6.07, 6.45) is 4.77. The largest absolute Gasteiger partial charge is 0.343 e. The molecule has 30 heavy (non-hydrogen) atoms. The van der Waals surface area contributed by atoms with Crippen molar-refractivity contribution in [3.8, 4) is 0 Å². The van der Waals surface area contributed by atoms with Crippen molar-refractivity contribution in [1.29, 1.82) is 0 Å². The third kappa shape index (κ3) is 7.11. The normalized spacial score (nSPS) is 15.6. The quantitative estimate of drug-likeness (QED) is 0.699. The number of carbonyl (C=O) groups is 1. The molecule has 1 amide bonds. The topological polar surface area (TPSA) is 66.5 Å². The molecular weight excluding hydrogens is 396 g/mol. The third-order valence-corrected chi connectivity index (χ3v) is 6.59. The number of likely N-dealkylation sites (tertiary alicyclic amines) is 1. The van der Waals surface area contributed by atoms with Crippen molar-refractivity contribution in [3.63, 3.8) is 0 Å². The van der Waals surface area contributed by atoms with Crippen molar-refractivity contribution in [2.24, 2.45) is 5.92 Å². The van der Waals surface area contributed by atoms with Crippen LogP contribution in [0.2, 0.25) is 0 Å². The van der Waals surface area contributed by atoms with Gasteiger partial charge < -0.3 is 4.90 Å². The first-order chi connectivity index (χ1) is 14.4. The Morgan fingerprint density at radius 3 is 2.40 bits per heavy atom. The first-order valence-electron chi connectivity index (χ1n) is 10.5. The fourth-order valence-corrected chi connectivity index (χ4v) is 4.51. The Balaban J connectivity index is 1.38. The predicted octanol–water partition coefficient (Wildman–Crippen LogP) is 3.76. The van der Waals surface area contributed by atoms with Gasteiger partial charge in [0.15, 0.2) is 0 Å². The maximum atomic E-state index is 12.4. The van der Waals surface area contributed by atoms with Gasteiger partial charge in [0.2, 0.25) is 15.9 Å². The third-order valence-electron chi connectivity index (χ3n) is 5.49. The molecule has 0 aliphatic carbocycles. The Kier molecular flexibility index (Phi) is 7.82. The van der Waals surface area contributed by atoms with Gasteiger partial charge >= 0.3 is 0 Å². The van der Waals surface area contributed by atoms with Gasteiger partial charge in [-0.25, -0.2) is 13.1 Å². The van der Waals surface area contributed by atoms with Gasteiger partial charge in [-0.1, -0.05) is 60.2 Å². The first-order valence-corrected chi connectivity index (χ1v) is 12.0. The second-order valence-corrected chi connectivity index (χ2v) is 9.57. The van der Waals surface area contributed by atoms with Crippen molar-refractivity contribution in [1.82, 2.24) is 9.62 Å². The van der Waals surface area contributed by atoms with Crippen LogP contribution < -0.4 is 4.72 Å². The van der Waals surface area contributed by atoms with Gasteiger partial charge in [-0.15, -0.1) is 0 Å². The summed E-state index contributed by atoms with van der Waals surface area (Å²) in [6.45, 7) is 3.59. The number of rotatable bonds is 8. The Labute approximate surface area is 179 Å². The summed E-state index contributed by atoms with van der Waals surface area (Å²) < 4.78 is 26.7. The molecule has 2 aromatic carbocycles. The van der Waals surface area contributed by atoms with Crippen LogP contribution in [0.3, 0.4) is 0 Å². The molecule has 0 bridgehead atoms. The highest BCUT2D eigenvalue weighted by molar-refractivity contribution is 7.92. The highest BCUT2D eigenvalue weighted by Crippen LogP contribution is 2.22. The lowest BCUT2D eigenvalue weighted by molar-refractivity contribution is -0.132. The van der Waals surface area contributed by atoms with Crippen molar-refractivity contribution < 1.29 is 13.2 Å². The monoisotopic (exact) mass is 426 g/mol. The van der Waals surface area contributed by atoms with E-state index < -0.39 is 10.0 Å². The molecule has 0 atom stereocenters. The summed E-state index contributed by atoms with van der Waals surface area (Å²) in [5.41, 5.74) is 3.28.